The zero-order valence-corrected chi connectivity index (χ0v) is 9.88. The topological polar surface area (TPSA) is 64.3 Å². The van der Waals surface area contributed by atoms with Gasteiger partial charge >= 0.3 is 0 Å². The second kappa shape index (κ2) is 4.94. The highest BCUT2D eigenvalue weighted by Gasteiger charge is 2.30. The van der Waals surface area contributed by atoms with Gasteiger partial charge in [-0.05, 0) is 33.1 Å². The first kappa shape index (κ1) is 12.5. The van der Waals surface area contributed by atoms with E-state index in [9.17, 15) is 4.79 Å². The van der Waals surface area contributed by atoms with E-state index in [0.717, 1.165) is 25.9 Å². The van der Waals surface area contributed by atoms with Crippen LogP contribution in [0.25, 0.3) is 0 Å². The van der Waals surface area contributed by atoms with Crippen LogP contribution in [-0.2, 0) is 9.53 Å². The summed E-state index contributed by atoms with van der Waals surface area (Å²) in [6.07, 6.45) is 3.26. The molecule has 4 heteroatoms. The Kier molecular flexibility index (Phi) is 4.11. The predicted molar refractivity (Wildman–Crippen MR) is 59.5 cm³/mol. The number of hydrogen-bond donors (Lipinski definition) is 2. The minimum atomic E-state index is -0.625. The molecule has 1 aliphatic heterocycles. The first-order valence-electron chi connectivity index (χ1n) is 5.65. The lowest BCUT2D eigenvalue weighted by Gasteiger charge is -2.34. The van der Waals surface area contributed by atoms with E-state index in [1.807, 2.05) is 13.8 Å². The summed E-state index contributed by atoms with van der Waals surface area (Å²) < 4.78 is 5.58. The van der Waals surface area contributed by atoms with Crippen LogP contribution < -0.4 is 11.1 Å². The van der Waals surface area contributed by atoms with Crippen LogP contribution in [0.4, 0.5) is 0 Å². The summed E-state index contributed by atoms with van der Waals surface area (Å²) in [6.45, 7) is 6.54. The average Bonchev–Trinajstić information content (AvgIpc) is 2.17. The van der Waals surface area contributed by atoms with Crippen molar-refractivity contribution in [2.75, 3.05) is 6.61 Å². The molecule has 1 aliphatic rings. The SMILES string of the molecule is CCC1CC(NC(C)(C)C(N)=O)CCO1. The zero-order valence-electron chi connectivity index (χ0n) is 9.88. The summed E-state index contributed by atoms with van der Waals surface area (Å²) in [7, 11) is 0. The van der Waals surface area contributed by atoms with Crippen LogP contribution >= 0.6 is 0 Å². The first-order chi connectivity index (χ1) is 6.95. The molecule has 1 amide bonds. The van der Waals surface area contributed by atoms with Gasteiger partial charge in [0, 0.05) is 12.6 Å². The number of rotatable bonds is 4. The van der Waals surface area contributed by atoms with Crippen LogP contribution in [0.15, 0.2) is 0 Å². The zero-order chi connectivity index (χ0) is 11.5. The van der Waals surface area contributed by atoms with E-state index in [2.05, 4.69) is 12.2 Å². The number of carbonyl (C=O) groups excluding carboxylic acids is 1. The van der Waals surface area contributed by atoms with Gasteiger partial charge in [0.1, 0.15) is 0 Å². The maximum absolute atomic E-state index is 11.2. The third-order valence-electron chi connectivity index (χ3n) is 3.00. The molecule has 0 saturated carbocycles. The summed E-state index contributed by atoms with van der Waals surface area (Å²) >= 11 is 0. The molecule has 88 valence electrons. The Labute approximate surface area is 91.5 Å². The Morgan fingerprint density at radius 1 is 1.60 bits per heavy atom. The highest BCUT2D eigenvalue weighted by atomic mass is 16.5. The predicted octanol–water partition coefficient (Wildman–Crippen LogP) is 0.797. The van der Waals surface area contributed by atoms with Gasteiger partial charge < -0.3 is 15.8 Å². The molecule has 2 atom stereocenters. The van der Waals surface area contributed by atoms with Crippen molar-refractivity contribution in [2.24, 2.45) is 5.73 Å². The Hall–Kier alpha value is -0.610. The minimum Gasteiger partial charge on any atom is -0.378 e. The third-order valence-corrected chi connectivity index (χ3v) is 3.00. The van der Waals surface area contributed by atoms with Gasteiger partial charge in [-0.25, -0.2) is 0 Å². The lowest BCUT2D eigenvalue weighted by Crippen LogP contribution is -2.56. The molecule has 0 aromatic heterocycles. The molecule has 15 heavy (non-hydrogen) atoms. The van der Waals surface area contributed by atoms with Gasteiger partial charge in [-0.3, -0.25) is 4.79 Å². The van der Waals surface area contributed by atoms with Crippen LogP contribution in [0.5, 0.6) is 0 Å². The molecule has 0 spiro atoms. The van der Waals surface area contributed by atoms with Crippen molar-refractivity contribution in [1.29, 1.82) is 0 Å². The fraction of sp³-hybridized carbons (Fsp3) is 0.909. The van der Waals surface area contributed by atoms with Crippen LogP contribution in [0.3, 0.4) is 0 Å². The summed E-state index contributed by atoms with van der Waals surface area (Å²) in [6, 6.07) is 0.339. The Morgan fingerprint density at radius 3 is 2.80 bits per heavy atom. The van der Waals surface area contributed by atoms with Crippen molar-refractivity contribution >= 4 is 5.91 Å². The van der Waals surface area contributed by atoms with Crippen molar-refractivity contribution in [3.8, 4) is 0 Å². The molecule has 0 aromatic rings. The first-order valence-corrected chi connectivity index (χ1v) is 5.65. The number of nitrogens with one attached hydrogen (secondary N) is 1. The molecule has 1 fully saturated rings. The maximum Gasteiger partial charge on any atom is 0.237 e. The molecule has 2 unspecified atom stereocenters. The molecule has 1 heterocycles. The lowest BCUT2D eigenvalue weighted by atomic mass is 9.96. The molecule has 4 nitrogen and oxygen atoms in total. The summed E-state index contributed by atoms with van der Waals surface area (Å²) in [5, 5.41) is 3.30. The largest absolute Gasteiger partial charge is 0.378 e. The monoisotopic (exact) mass is 214 g/mol. The lowest BCUT2D eigenvalue weighted by molar-refractivity contribution is -0.124. The number of ether oxygens (including phenoxy) is 1. The molecule has 3 N–H and O–H groups in total. The minimum absolute atomic E-state index is 0.304. The van der Waals surface area contributed by atoms with Crippen molar-refractivity contribution in [1.82, 2.24) is 5.32 Å². The molecular weight excluding hydrogens is 192 g/mol. The van der Waals surface area contributed by atoms with E-state index in [4.69, 9.17) is 10.5 Å². The van der Waals surface area contributed by atoms with Crippen molar-refractivity contribution in [3.05, 3.63) is 0 Å². The van der Waals surface area contributed by atoms with Crippen LogP contribution in [0.1, 0.15) is 40.0 Å². The van der Waals surface area contributed by atoms with Crippen molar-refractivity contribution in [3.63, 3.8) is 0 Å². The van der Waals surface area contributed by atoms with Gasteiger partial charge in [-0.1, -0.05) is 6.92 Å². The van der Waals surface area contributed by atoms with Crippen LogP contribution in [0.2, 0.25) is 0 Å². The fourth-order valence-corrected chi connectivity index (χ4v) is 1.88. The van der Waals surface area contributed by atoms with Crippen molar-refractivity contribution in [2.45, 2.75) is 57.7 Å². The van der Waals surface area contributed by atoms with Gasteiger partial charge in [0.25, 0.3) is 0 Å². The average molecular weight is 214 g/mol. The molecule has 0 aliphatic carbocycles. The Balaban J connectivity index is 2.47. The highest BCUT2D eigenvalue weighted by molar-refractivity contribution is 5.83. The standard InChI is InChI=1S/C11H22N2O2/c1-4-9-7-8(5-6-15-9)13-11(2,3)10(12)14/h8-9,13H,4-7H2,1-3H3,(H2,12,14). The van der Waals surface area contributed by atoms with Crippen LogP contribution in [-0.4, -0.2) is 30.2 Å². The van der Waals surface area contributed by atoms with Gasteiger partial charge in [-0.2, -0.15) is 0 Å². The quantitative estimate of drug-likeness (QED) is 0.727. The van der Waals surface area contributed by atoms with Crippen LogP contribution in [0, 0.1) is 0 Å². The second-order valence-corrected chi connectivity index (χ2v) is 4.76. The Morgan fingerprint density at radius 2 is 2.27 bits per heavy atom. The highest BCUT2D eigenvalue weighted by Crippen LogP contribution is 2.18. The third kappa shape index (κ3) is 3.47. The number of nitrogens with two attached hydrogens (primary N) is 1. The smallest absolute Gasteiger partial charge is 0.237 e. The van der Waals surface area contributed by atoms with E-state index >= 15 is 0 Å². The fourth-order valence-electron chi connectivity index (χ4n) is 1.88. The van der Waals surface area contributed by atoms with Gasteiger partial charge in [0.05, 0.1) is 11.6 Å². The normalized spacial score (nSPS) is 27.7. The number of carbonyl (C=O) groups is 1. The number of hydrogen-bond acceptors (Lipinski definition) is 3. The van der Waals surface area contributed by atoms with E-state index in [1.165, 1.54) is 0 Å². The molecular formula is C11H22N2O2. The Bertz CT molecular complexity index is 229. The molecule has 0 aromatic carbocycles. The van der Waals surface area contributed by atoms with Gasteiger partial charge in [0.15, 0.2) is 0 Å². The van der Waals surface area contributed by atoms with Gasteiger partial charge in [-0.15, -0.1) is 0 Å². The molecule has 1 rings (SSSR count). The molecule has 1 saturated heterocycles. The maximum atomic E-state index is 11.2. The summed E-state index contributed by atoms with van der Waals surface area (Å²) in [5.41, 5.74) is 4.70. The molecule has 0 radical (unpaired) electrons. The van der Waals surface area contributed by atoms with Crippen molar-refractivity contribution < 1.29 is 9.53 Å². The second-order valence-electron chi connectivity index (χ2n) is 4.76. The van der Waals surface area contributed by atoms with E-state index in [1.54, 1.807) is 0 Å². The summed E-state index contributed by atoms with van der Waals surface area (Å²) in [5.74, 6) is -0.304. The number of primary amides is 1. The molecule has 0 bridgehead atoms. The summed E-state index contributed by atoms with van der Waals surface area (Å²) in [4.78, 5) is 11.2. The van der Waals surface area contributed by atoms with E-state index in [-0.39, 0.29) is 5.91 Å². The van der Waals surface area contributed by atoms with E-state index in [0.29, 0.717) is 12.1 Å². The van der Waals surface area contributed by atoms with E-state index < -0.39 is 5.54 Å². The number of amides is 1. The van der Waals surface area contributed by atoms with Gasteiger partial charge in [0.2, 0.25) is 5.91 Å².